The highest BCUT2D eigenvalue weighted by Gasteiger charge is 2.30. The molecule has 7 nitrogen and oxygen atoms in total. The molecule has 8 heteroatoms. The first-order chi connectivity index (χ1) is 14.1. The van der Waals surface area contributed by atoms with Crippen molar-refractivity contribution in [2.24, 2.45) is 0 Å². The summed E-state index contributed by atoms with van der Waals surface area (Å²) in [4.78, 5) is 12.9. The molecule has 0 bridgehead atoms. The van der Waals surface area contributed by atoms with Crippen LogP contribution in [0.2, 0.25) is 0 Å². The molecule has 0 aliphatic heterocycles. The summed E-state index contributed by atoms with van der Waals surface area (Å²) in [5.74, 6) is 0.443. The number of hydrogen-bond acceptors (Lipinski definition) is 5. The summed E-state index contributed by atoms with van der Waals surface area (Å²) in [6.07, 6.45) is 2.01. The van der Waals surface area contributed by atoms with Crippen molar-refractivity contribution < 1.29 is 22.7 Å². The molecule has 0 spiro atoms. The molecule has 1 N–H and O–H groups in total. The number of aryl methyl sites for hydroxylation is 1. The van der Waals surface area contributed by atoms with Crippen molar-refractivity contribution in [1.29, 1.82) is 0 Å². The van der Waals surface area contributed by atoms with Crippen LogP contribution in [0.1, 0.15) is 37.9 Å². The number of amides is 1. The van der Waals surface area contributed by atoms with Gasteiger partial charge in [0.05, 0.1) is 32.2 Å². The third-order valence-corrected chi connectivity index (χ3v) is 6.20. The van der Waals surface area contributed by atoms with Gasteiger partial charge in [-0.05, 0) is 43.5 Å². The van der Waals surface area contributed by atoms with Gasteiger partial charge in [0.15, 0.2) is 11.5 Å². The van der Waals surface area contributed by atoms with Crippen LogP contribution in [0.5, 0.6) is 11.5 Å². The highest BCUT2D eigenvalue weighted by Crippen LogP contribution is 2.33. The fourth-order valence-electron chi connectivity index (χ4n) is 3.23. The Balaban J connectivity index is 2.28. The Bertz CT molecular complexity index is 974. The fourth-order valence-corrected chi connectivity index (χ4v) is 4.40. The number of sulfonamides is 1. The molecule has 2 aromatic carbocycles. The zero-order valence-corrected chi connectivity index (χ0v) is 19.1. The summed E-state index contributed by atoms with van der Waals surface area (Å²) >= 11 is 0. The number of methoxy groups -OCH3 is 2. The van der Waals surface area contributed by atoms with Gasteiger partial charge in [0.25, 0.3) is 0 Å². The first-order valence-corrected chi connectivity index (χ1v) is 11.6. The molecule has 164 valence electrons. The molecule has 2 aromatic rings. The highest BCUT2D eigenvalue weighted by molar-refractivity contribution is 7.92. The summed E-state index contributed by atoms with van der Waals surface area (Å²) in [6, 6.07) is 11.5. The van der Waals surface area contributed by atoms with Crippen LogP contribution in [0.4, 0.5) is 5.69 Å². The highest BCUT2D eigenvalue weighted by atomic mass is 32.2. The lowest BCUT2D eigenvalue weighted by molar-refractivity contribution is -0.122. The van der Waals surface area contributed by atoms with Gasteiger partial charge < -0.3 is 14.8 Å². The monoisotopic (exact) mass is 434 g/mol. The molecule has 1 amide bonds. The maximum Gasteiger partial charge on any atom is 0.244 e. The first kappa shape index (κ1) is 23.5. The second-order valence-electron chi connectivity index (χ2n) is 7.10. The minimum absolute atomic E-state index is 0.266. The molecule has 0 aliphatic carbocycles. The largest absolute Gasteiger partial charge is 0.493 e. The van der Waals surface area contributed by atoms with E-state index >= 15 is 0 Å². The van der Waals surface area contributed by atoms with Crippen molar-refractivity contribution in [1.82, 2.24) is 5.32 Å². The van der Waals surface area contributed by atoms with Gasteiger partial charge in [0.1, 0.15) is 6.04 Å². The van der Waals surface area contributed by atoms with Crippen molar-refractivity contribution in [3.05, 3.63) is 53.6 Å². The predicted octanol–water partition coefficient (Wildman–Crippen LogP) is 3.30. The molecule has 30 heavy (non-hydrogen) atoms. The van der Waals surface area contributed by atoms with Gasteiger partial charge in [-0.15, -0.1) is 0 Å². The van der Waals surface area contributed by atoms with E-state index in [0.717, 1.165) is 22.5 Å². The van der Waals surface area contributed by atoms with Crippen LogP contribution in [0.15, 0.2) is 42.5 Å². The van der Waals surface area contributed by atoms with Gasteiger partial charge in [0, 0.05) is 6.07 Å². The molecular formula is C22H30N2O5S. The van der Waals surface area contributed by atoms with Crippen LogP contribution >= 0.6 is 0 Å². The second kappa shape index (κ2) is 9.84. The molecule has 0 saturated carbocycles. The van der Waals surface area contributed by atoms with Gasteiger partial charge in [-0.1, -0.05) is 31.2 Å². The number of carbonyl (C=O) groups excluding carboxylic acids is 1. The Hall–Kier alpha value is -2.74. The number of rotatable bonds is 9. The minimum Gasteiger partial charge on any atom is -0.493 e. The smallest absolute Gasteiger partial charge is 0.244 e. The van der Waals surface area contributed by atoms with Crippen LogP contribution in [0, 0.1) is 0 Å². The van der Waals surface area contributed by atoms with Crippen LogP contribution in [0.3, 0.4) is 0 Å². The molecule has 0 aliphatic rings. The van der Waals surface area contributed by atoms with Gasteiger partial charge in [-0.3, -0.25) is 9.10 Å². The fraction of sp³-hybridized carbons (Fsp3) is 0.409. The van der Waals surface area contributed by atoms with E-state index in [1.54, 1.807) is 19.1 Å². The van der Waals surface area contributed by atoms with E-state index in [0.29, 0.717) is 17.2 Å². The van der Waals surface area contributed by atoms with Gasteiger partial charge in [-0.2, -0.15) is 0 Å². The minimum atomic E-state index is -3.74. The summed E-state index contributed by atoms with van der Waals surface area (Å²) in [6.45, 7) is 5.50. The Morgan fingerprint density at radius 2 is 1.63 bits per heavy atom. The quantitative estimate of drug-likeness (QED) is 0.655. The van der Waals surface area contributed by atoms with Crippen molar-refractivity contribution in [3.63, 3.8) is 0 Å². The van der Waals surface area contributed by atoms with E-state index in [1.165, 1.54) is 25.8 Å². The van der Waals surface area contributed by atoms with Gasteiger partial charge >= 0.3 is 0 Å². The van der Waals surface area contributed by atoms with Crippen LogP contribution in [0.25, 0.3) is 0 Å². The average molecular weight is 435 g/mol. The summed E-state index contributed by atoms with van der Waals surface area (Å²) in [5, 5.41) is 2.91. The lowest BCUT2D eigenvalue weighted by Crippen LogP contribution is -2.48. The Labute approximate surface area is 179 Å². The number of anilines is 1. The Kier molecular flexibility index (Phi) is 7.72. The van der Waals surface area contributed by atoms with Crippen molar-refractivity contribution in [3.8, 4) is 11.5 Å². The second-order valence-corrected chi connectivity index (χ2v) is 8.96. The molecular weight excluding hydrogens is 404 g/mol. The van der Waals surface area contributed by atoms with Gasteiger partial charge in [0.2, 0.25) is 15.9 Å². The zero-order chi connectivity index (χ0) is 22.5. The van der Waals surface area contributed by atoms with Crippen LogP contribution in [-0.4, -0.2) is 40.8 Å². The standard InChI is InChI=1S/C22H30N2O5S/c1-7-17-8-10-18(11-9-17)15(2)23-22(25)16(3)24(30(6,26)27)19-12-13-20(28-4)21(14-19)29-5/h8-16H,7H2,1-6H3,(H,23,25)/t15-,16+/m0/s1. The van der Waals surface area contributed by atoms with Crippen molar-refractivity contribution in [2.75, 3.05) is 24.8 Å². The molecule has 0 saturated heterocycles. The van der Waals surface area contributed by atoms with E-state index in [4.69, 9.17) is 9.47 Å². The molecule has 0 heterocycles. The SMILES string of the molecule is CCc1ccc([C@H](C)NC(=O)[C@@H](C)N(c2ccc(OC)c(OC)c2)S(C)(=O)=O)cc1. The van der Waals surface area contributed by atoms with E-state index in [-0.39, 0.29) is 6.04 Å². The van der Waals surface area contributed by atoms with Gasteiger partial charge in [-0.25, -0.2) is 8.42 Å². The molecule has 0 fully saturated rings. The van der Waals surface area contributed by atoms with E-state index in [1.807, 2.05) is 31.2 Å². The normalized spacial score (nSPS) is 13.3. The number of nitrogens with zero attached hydrogens (tertiary/aromatic N) is 1. The van der Waals surface area contributed by atoms with Crippen LogP contribution < -0.4 is 19.1 Å². The number of carbonyl (C=O) groups is 1. The van der Waals surface area contributed by atoms with Crippen molar-refractivity contribution >= 4 is 21.6 Å². The van der Waals surface area contributed by atoms with Crippen LogP contribution in [-0.2, 0) is 21.2 Å². The number of ether oxygens (including phenoxy) is 2. The molecule has 2 rings (SSSR count). The van der Waals surface area contributed by atoms with E-state index in [9.17, 15) is 13.2 Å². The Morgan fingerprint density at radius 3 is 2.13 bits per heavy atom. The summed E-state index contributed by atoms with van der Waals surface area (Å²) in [5.41, 5.74) is 2.48. The summed E-state index contributed by atoms with van der Waals surface area (Å²) < 4.78 is 36.6. The molecule has 0 aromatic heterocycles. The third-order valence-electron chi connectivity index (χ3n) is 4.96. The first-order valence-electron chi connectivity index (χ1n) is 9.73. The predicted molar refractivity (Wildman–Crippen MR) is 119 cm³/mol. The maximum atomic E-state index is 12.9. The third kappa shape index (κ3) is 5.44. The molecule has 0 unspecified atom stereocenters. The maximum absolute atomic E-state index is 12.9. The zero-order valence-electron chi connectivity index (χ0n) is 18.3. The number of benzene rings is 2. The Morgan fingerprint density at radius 1 is 1.03 bits per heavy atom. The number of nitrogens with one attached hydrogen (secondary N) is 1. The lowest BCUT2D eigenvalue weighted by atomic mass is 10.0. The topological polar surface area (TPSA) is 84.9 Å². The van der Waals surface area contributed by atoms with Crippen molar-refractivity contribution in [2.45, 2.75) is 39.3 Å². The van der Waals surface area contributed by atoms with E-state index < -0.39 is 22.0 Å². The lowest BCUT2D eigenvalue weighted by Gasteiger charge is -2.29. The average Bonchev–Trinajstić information content (AvgIpc) is 2.72. The molecule has 2 atom stereocenters. The molecule has 0 radical (unpaired) electrons. The summed E-state index contributed by atoms with van der Waals surface area (Å²) in [7, 11) is -0.777. The van der Waals surface area contributed by atoms with E-state index in [2.05, 4.69) is 12.2 Å². The number of hydrogen-bond donors (Lipinski definition) is 1.